The van der Waals surface area contributed by atoms with E-state index < -0.39 is 0 Å². The van der Waals surface area contributed by atoms with Crippen LogP contribution in [0, 0.1) is 6.92 Å². The van der Waals surface area contributed by atoms with Crippen molar-refractivity contribution in [2.75, 3.05) is 41.3 Å². The van der Waals surface area contributed by atoms with E-state index in [9.17, 15) is 0 Å². The maximum atomic E-state index is 4.47. The van der Waals surface area contributed by atoms with E-state index in [0.717, 1.165) is 50.2 Å². The van der Waals surface area contributed by atoms with Crippen LogP contribution in [0.1, 0.15) is 11.1 Å². The average molecular weight is 360 g/mol. The van der Waals surface area contributed by atoms with Gasteiger partial charge in [-0.1, -0.05) is 30.3 Å². The molecule has 27 heavy (non-hydrogen) atoms. The maximum Gasteiger partial charge on any atom is 0.134 e. The highest BCUT2D eigenvalue weighted by Crippen LogP contribution is 2.19. The topological polar surface area (TPSA) is 57.2 Å². The molecule has 0 aliphatic carbocycles. The second-order valence-electron chi connectivity index (χ2n) is 6.70. The van der Waals surface area contributed by atoms with Crippen LogP contribution in [0.5, 0.6) is 0 Å². The third-order valence-corrected chi connectivity index (χ3v) is 4.95. The molecular formula is C21H24N6. The molecule has 1 saturated heterocycles. The van der Waals surface area contributed by atoms with Gasteiger partial charge in [-0.25, -0.2) is 15.0 Å². The van der Waals surface area contributed by atoms with Gasteiger partial charge < -0.3 is 15.1 Å². The first-order chi connectivity index (χ1) is 13.3. The van der Waals surface area contributed by atoms with Gasteiger partial charge in [0.2, 0.25) is 0 Å². The standard InChI is InChI=1S/C21H24N6/c1-17-6-2-3-7-18(17)15-23-19-14-21(25-16-24-19)27-12-10-26(11-13-27)20-8-4-5-9-22-20/h2-9,14,16H,10-13,15H2,1H3,(H,23,24,25). The minimum atomic E-state index is 0.760. The molecule has 3 heterocycles. The van der Waals surface area contributed by atoms with E-state index in [1.165, 1.54) is 11.1 Å². The molecule has 1 fully saturated rings. The lowest BCUT2D eigenvalue weighted by Crippen LogP contribution is -2.47. The SMILES string of the molecule is Cc1ccccc1CNc1cc(N2CCN(c3ccccn3)CC2)ncn1. The first-order valence-corrected chi connectivity index (χ1v) is 9.31. The second kappa shape index (κ2) is 8.03. The van der Waals surface area contributed by atoms with E-state index in [0.29, 0.717) is 0 Å². The van der Waals surface area contributed by atoms with Crippen LogP contribution in [0.15, 0.2) is 61.1 Å². The van der Waals surface area contributed by atoms with E-state index in [-0.39, 0.29) is 0 Å². The van der Waals surface area contributed by atoms with Crippen molar-refractivity contribution in [1.82, 2.24) is 15.0 Å². The number of aryl methyl sites for hydroxylation is 1. The normalized spacial score (nSPS) is 14.3. The molecule has 2 aromatic heterocycles. The van der Waals surface area contributed by atoms with Gasteiger partial charge in [0.1, 0.15) is 23.8 Å². The van der Waals surface area contributed by atoms with Crippen LogP contribution < -0.4 is 15.1 Å². The molecule has 0 bridgehead atoms. The largest absolute Gasteiger partial charge is 0.366 e. The molecule has 6 nitrogen and oxygen atoms in total. The third-order valence-electron chi connectivity index (χ3n) is 4.95. The Morgan fingerprint density at radius 1 is 0.852 bits per heavy atom. The van der Waals surface area contributed by atoms with Gasteiger partial charge in [-0.05, 0) is 30.2 Å². The highest BCUT2D eigenvalue weighted by atomic mass is 15.3. The first kappa shape index (κ1) is 17.3. The van der Waals surface area contributed by atoms with Gasteiger partial charge in [0.05, 0.1) is 0 Å². The Morgan fingerprint density at radius 2 is 1.59 bits per heavy atom. The average Bonchev–Trinajstić information content (AvgIpc) is 2.74. The van der Waals surface area contributed by atoms with Gasteiger partial charge in [0.15, 0.2) is 0 Å². The molecule has 1 N–H and O–H groups in total. The lowest BCUT2D eigenvalue weighted by molar-refractivity contribution is 0.641. The minimum Gasteiger partial charge on any atom is -0.366 e. The Balaban J connectivity index is 1.37. The summed E-state index contributed by atoms with van der Waals surface area (Å²) in [5.41, 5.74) is 2.56. The zero-order chi connectivity index (χ0) is 18.5. The highest BCUT2D eigenvalue weighted by Gasteiger charge is 2.19. The van der Waals surface area contributed by atoms with Crippen LogP contribution in [-0.4, -0.2) is 41.1 Å². The number of rotatable bonds is 5. The summed E-state index contributed by atoms with van der Waals surface area (Å²) in [5, 5.41) is 3.42. The summed E-state index contributed by atoms with van der Waals surface area (Å²) in [5.74, 6) is 2.87. The van der Waals surface area contributed by atoms with E-state index in [4.69, 9.17) is 0 Å². The van der Waals surface area contributed by atoms with Gasteiger partial charge in [-0.2, -0.15) is 0 Å². The van der Waals surface area contributed by atoms with Crippen molar-refractivity contribution in [1.29, 1.82) is 0 Å². The minimum absolute atomic E-state index is 0.760. The summed E-state index contributed by atoms with van der Waals surface area (Å²) in [7, 11) is 0. The molecule has 4 rings (SSSR count). The van der Waals surface area contributed by atoms with Gasteiger partial charge >= 0.3 is 0 Å². The summed E-state index contributed by atoms with van der Waals surface area (Å²) < 4.78 is 0. The van der Waals surface area contributed by atoms with Crippen molar-refractivity contribution in [2.45, 2.75) is 13.5 Å². The van der Waals surface area contributed by atoms with E-state index in [1.54, 1.807) is 6.33 Å². The number of piperazine rings is 1. The molecule has 1 aliphatic rings. The quantitative estimate of drug-likeness (QED) is 0.754. The predicted octanol–water partition coefficient (Wildman–Crippen LogP) is 3.12. The third kappa shape index (κ3) is 4.16. The molecule has 1 aliphatic heterocycles. The number of nitrogens with zero attached hydrogens (tertiary/aromatic N) is 5. The fourth-order valence-corrected chi connectivity index (χ4v) is 3.32. The number of nitrogens with one attached hydrogen (secondary N) is 1. The Kier molecular flexibility index (Phi) is 5.14. The van der Waals surface area contributed by atoms with Gasteiger partial charge in [-0.3, -0.25) is 0 Å². The van der Waals surface area contributed by atoms with Crippen LogP contribution >= 0.6 is 0 Å². The van der Waals surface area contributed by atoms with Crippen LogP contribution in [0.4, 0.5) is 17.5 Å². The molecule has 0 unspecified atom stereocenters. The fraction of sp³-hybridized carbons (Fsp3) is 0.286. The van der Waals surface area contributed by atoms with Crippen molar-refractivity contribution in [3.63, 3.8) is 0 Å². The second-order valence-corrected chi connectivity index (χ2v) is 6.70. The highest BCUT2D eigenvalue weighted by molar-refractivity contribution is 5.50. The first-order valence-electron chi connectivity index (χ1n) is 9.31. The number of anilines is 3. The maximum absolute atomic E-state index is 4.47. The molecule has 3 aromatic rings. The fourth-order valence-electron chi connectivity index (χ4n) is 3.32. The molecule has 0 saturated carbocycles. The zero-order valence-corrected chi connectivity index (χ0v) is 15.5. The Bertz CT molecular complexity index is 875. The molecule has 6 heteroatoms. The Hall–Kier alpha value is -3.15. The molecule has 138 valence electrons. The van der Waals surface area contributed by atoms with Crippen LogP contribution in [0.2, 0.25) is 0 Å². The van der Waals surface area contributed by atoms with Crippen molar-refractivity contribution in [2.24, 2.45) is 0 Å². The lowest BCUT2D eigenvalue weighted by Gasteiger charge is -2.36. The van der Waals surface area contributed by atoms with E-state index in [2.05, 4.69) is 67.3 Å². The van der Waals surface area contributed by atoms with Gasteiger partial charge in [-0.15, -0.1) is 0 Å². The summed E-state index contributed by atoms with van der Waals surface area (Å²) in [4.78, 5) is 17.9. The summed E-state index contributed by atoms with van der Waals surface area (Å²) in [6, 6.07) is 16.5. The van der Waals surface area contributed by atoms with Crippen molar-refractivity contribution >= 4 is 17.5 Å². The zero-order valence-electron chi connectivity index (χ0n) is 15.5. The monoisotopic (exact) mass is 360 g/mol. The number of hydrogen-bond acceptors (Lipinski definition) is 6. The molecule has 0 amide bonds. The number of aromatic nitrogens is 3. The van der Waals surface area contributed by atoms with Crippen molar-refractivity contribution in [3.8, 4) is 0 Å². The van der Waals surface area contributed by atoms with Gasteiger partial charge in [0, 0.05) is 45.0 Å². The van der Waals surface area contributed by atoms with Crippen molar-refractivity contribution < 1.29 is 0 Å². The van der Waals surface area contributed by atoms with Crippen LogP contribution in [0.25, 0.3) is 0 Å². The smallest absolute Gasteiger partial charge is 0.134 e. The predicted molar refractivity (Wildman–Crippen MR) is 109 cm³/mol. The Labute approximate surface area is 159 Å². The summed E-state index contributed by atoms with van der Waals surface area (Å²) in [6.45, 7) is 6.61. The lowest BCUT2D eigenvalue weighted by atomic mass is 10.1. The molecule has 0 spiro atoms. The van der Waals surface area contributed by atoms with Gasteiger partial charge in [0.25, 0.3) is 0 Å². The Morgan fingerprint density at radius 3 is 2.33 bits per heavy atom. The van der Waals surface area contributed by atoms with E-state index >= 15 is 0 Å². The van der Waals surface area contributed by atoms with E-state index in [1.807, 2.05) is 24.4 Å². The molecule has 0 radical (unpaired) electrons. The van der Waals surface area contributed by atoms with Crippen molar-refractivity contribution in [3.05, 3.63) is 72.2 Å². The summed E-state index contributed by atoms with van der Waals surface area (Å²) >= 11 is 0. The molecule has 1 aromatic carbocycles. The van der Waals surface area contributed by atoms with Crippen LogP contribution in [0.3, 0.4) is 0 Å². The number of hydrogen-bond donors (Lipinski definition) is 1. The number of pyridine rings is 1. The molecular weight excluding hydrogens is 336 g/mol. The number of benzene rings is 1. The molecule has 0 atom stereocenters. The summed E-state index contributed by atoms with van der Waals surface area (Å²) in [6.07, 6.45) is 3.49. The van der Waals surface area contributed by atoms with Crippen LogP contribution in [-0.2, 0) is 6.54 Å².